The van der Waals surface area contributed by atoms with Crippen molar-refractivity contribution in [2.45, 2.75) is 26.7 Å². The van der Waals surface area contributed by atoms with Crippen LogP contribution in [0, 0.1) is 0 Å². The van der Waals surface area contributed by atoms with Gasteiger partial charge in [-0.15, -0.1) is 0 Å². The minimum absolute atomic E-state index is 0.564. The number of carbonyl (C=O) groups is 1. The first-order valence-corrected chi connectivity index (χ1v) is 5.45. The SMILES string of the molecule is CC.CC(F)(F)CNC(=O)Nc1ccccc1. The van der Waals surface area contributed by atoms with Gasteiger partial charge in [-0.1, -0.05) is 32.0 Å². The highest BCUT2D eigenvalue weighted by Crippen LogP contribution is 2.09. The van der Waals surface area contributed by atoms with Crippen molar-refractivity contribution in [2.24, 2.45) is 0 Å². The van der Waals surface area contributed by atoms with Crippen molar-refractivity contribution < 1.29 is 13.6 Å². The van der Waals surface area contributed by atoms with Crippen LogP contribution in [0.5, 0.6) is 0 Å². The quantitative estimate of drug-likeness (QED) is 0.839. The summed E-state index contributed by atoms with van der Waals surface area (Å²) in [6.45, 7) is 4.07. The molecular weight excluding hydrogens is 226 g/mol. The van der Waals surface area contributed by atoms with Crippen molar-refractivity contribution in [2.75, 3.05) is 11.9 Å². The molecule has 2 amide bonds. The minimum Gasteiger partial charge on any atom is -0.332 e. The van der Waals surface area contributed by atoms with Gasteiger partial charge in [-0.05, 0) is 12.1 Å². The van der Waals surface area contributed by atoms with Gasteiger partial charge in [0.05, 0.1) is 6.54 Å². The molecular formula is C12H18F2N2O. The van der Waals surface area contributed by atoms with Crippen LogP contribution in [0.4, 0.5) is 19.3 Å². The summed E-state index contributed by atoms with van der Waals surface area (Å²) in [6.07, 6.45) is 0. The van der Waals surface area contributed by atoms with E-state index in [1.54, 1.807) is 30.3 Å². The Morgan fingerprint density at radius 2 is 1.76 bits per heavy atom. The molecule has 17 heavy (non-hydrogen) atoms. The highest BCUT2D eigenvalue weighted by Gasteiger charge is 2.21. The highest BCUT2D eigenvalue weighted by molar-refractivity contribution is 5.89. The number of hydrogen-bond donors (Lipinski definition) is 2. The molecule has 0 aliphatic heterocycles. The Hall–Kier alpha value is -1.65. The molecule has 1 rings (SSSR count). The number of nitrogens with one attached hydrogen (secondary N) is 2. The molecule has 0 heterocycles. The second-order valence-corrected chi connectivity index (χ2v) is 3.24. The van der Waals surface area contributed by atoms with E-state index < -0.39 is 18.5 Å². The lowest BCUT2D eigenvalue weighted by atomic mass is 10.3. The number of amides is 2. The number of halogens is 2. The Kier molecular flexibility index (Phi) is 6.86. The fourth-order valence-electron chi connectivity index (χ4n) is 0.932. The molecule has 0 saturated heterocycles. The van der Waals surface area contributed by atoms with Gasteiger partial charge in [0.25, 0.3) is 5.92 Å². The molecule has 0 radical (unpaired) electrons. The van der Waals surface area contributed by atoms with Crippen molar-refractivity contribution in [3.8, 4) is 0 Å². The number of anilines is 1. The van der Waals surface area contributed by atoms with Gasteiger partial charge in [-0.25, -0.2) is 13.6 Å². The van der Waals surface area contributed by atoms with Crippen LogP contribution in [0.2, 0.25) is 0 Å². The Balaban J connectivity index is 0.00000121. The van der Waals surface area contributed by atoms with E-state index in [-0.39, 0.29) is 0 Å². The maximum atomic E-state index is 12.4. The molecule has 0 atom stereocenters. The van der Waals surface area contributed by atoms with Crippen LogP contribution in [0.15, 0.2) is 30.3 Å². The molecule has 0 bridgehead atoms. The fraction of sp³-hybridized carbons (Fsp3) is 0.417. The van der Waals surface area contributed by atoms with Gasteiger partial charge in [0.1, 0.15) is 0 Å². The van der Waals surface area contributed by atoms with E-state index in [1.165, 1.54) is 0 Å². The smallest absolute Gasteiger partial charge is 0.319 e. The molecule has 2 N–H and O–H groups in total. The Bertz CT molecular complexity index is 323. The zero-order valence-corrected chi connectivity index (χ0v) is 10.3. The van der Waals surface area contributed by atoms with E-state index in [0.29, 0.717) is 5.69 Å². The largest absolute Gasteiger partial charge is 0.332 e. The van der Waals surface area contributed by atoms with E-state index in [4.69, 9.17) is 0 Å². The Morgan fingerprint density at radius 3 is 2.24 bits per heavy atom. The summed E-state index contributed by atoms with van der Waals surface area (Å²) in [5.41, 5.74) is 0.564. The van der Waals surface area contributed by atoms with Crippen LogP contribution in [-0.2, 0) is 0 Å². The molecule has 0 aliphatic rings. The average molecular weight is 244 g/mol. The molecule has 96 valence electrons. The first kappa shape index (κ1) is 15.4. The summed E-state index contributed by atoms with van der Waals surface area (Å²) in [7, 11) is 0. The predicted octanol–water partition coefficient (Wildman–Crippen LogP) is 3.49. The van der Waals surface area contributed by atoms with Gasteiger partial charge < -0.3 is 10.6 Å². The second-order valence-electron chi connectivity index (χ2n) is 3.24. The maximum absolute atomic E-state index is 12.4. The lowest BCUT2D eigenvalue weighted by Crippen LogP contribution is -2.37. The van der Waals surface area contributed by atoms with Crippen molar-refractivity contribution in [1.82, 2.24) is 5.32 Å². The molecule has 3 nitrogen and oxygen atoms in total. The van der Waals surface area contributed by atoms with E-state index >= 15 is 0 Å². The normalized spacial score (nSPS) is 9.94. The Morgan fingerprint density at radius 1 is 1.24 bits per heavy atom. The summed E-state index contributed by atoms with van der Waals surface area (Å²) in [6, 6.07) is 7.98. The van der Waals surface area contributed by atoms with Gasteiger partial charge >= 0.3 is 6.03 Å². The van der Waals surface area contributed by atoms with Crippen LogP contribution >= 0.6 is 0 Å². The topological polar surface area (TPSA) is 41.1 Å². The Labute approximate surface area is 100 Å². The van der Waals surface area contributed by atoms with Crippen molar-refractivity contribution in [3.63, 3.8) is 0 Å². The third-order valence-electron chi connectivity index (χ3n) is 1.59. The van der Waals surface area contributed by atoms with Gasteiger partial charge in [0, 0.05) is 12.6 Å². The van der Waals surface area contributed by atoms with Crippen LogP contribution < -0.4 is 10.6 Å². The molecule has 0 aliphatic carbocycles. The summed E-state index contributed by atoms with van der Waals surface area (Å²) in [5.74, 6) is -2.89. The standard InChI is InChI=1S/C10H12F2N2O.C2H6/c1-10(11,12)7-13-9(15)14-8-5-3-2-4-6-8;1-2/h2-6H,7H2,1H3,(H2,13,14,15);1-2H3. The van der Waals surface area contributed by atoms with Gasteiger partial charge in [0.2, 0.25) is 0 Å². The van der Waals surface area contributed by atoms with E-state index in [9.17, 15) is 13.6 Å². The van der Waals surface area contributed by atoms with Crippen LogP contribution in [-0.4, -0.2) is 18.5 Å². The van der Waals surface area contributed by atoms with E-state index in [1.807, 2.05) is 13.8 Å². The summed E-state index contributed by atoms with van der Waals surface area (Å²) < 4.78 is 24.8. The molecule has 0 spiro atoms. The zero-order chi connectivity index (χ0) is 13.3. The lowest BCUT2D eigenvalue weighted by Gasteiger charge is -2.12. The maximum Gasteiger partial charge on any atom is 0.319 e. The summed E-state index contributed by atoms with van der Waals surface area (Å²) >= 11 is 0. The first-order chi connectivity index (χ1) is 7.97. The van der Waals surface area contributed by atoms with Crippen molar-refractivity contribution >= 4 is 11.7 Å². The van der Waals surface area contributed by atoms with Crippen molar-refractivity contribution in [1.29, 1.82) is 0 Å². The summed E-state index contributed by atoms with van der Waals surface area (Å²) in [5, 5.41) is 4.50. The van der Waals surface area contributed by atoms with Gasteiger partial charge in [-0.3, -0.25) is 0 Å². The second kappa shape index (κ2) is 7.60. The number of rotatable bonds is 3. The van der Waals surface area contributed by atoms with Crippen LogP contribution in [0.1, 0.15) is 20.8 Å². The number of hydrogen-bond acceptors (Lipinski definition) is 1. The zero-order valence-electron chi connectivity index (χ0n) is 10.3. The predicted molar refractivity (Wildman–Crippen MR) is 65.4 cm³/mol. The molecule has 0 saturated carbocycles. The minimum atomic E-state index is -2.89. The van der Waals surface area contributed by atoms with Gasteiger partial charge in [0.15, 0.2) is 0 Å². The first-order valence-electron chi connectivity index (χ1n) is 5.45. The molecule has 0 fully saturated rings. The third kappa shape index (κ3) is 8.19. The highest BCUT2D eigenvalue weighted by atomic mass is 19.3. The van der Waals surface area contributed by atoms with Crippen LogP contribution in [0.3, 0.4) is 0 Å². The molecule has 1 aromatic carbocycles. The van der Waals surface area contributed by atoms with E-state index in [0.717, 1.165) is 6.92 Å². The van der Waals surface area contributed by atoms with Crippen LogP contribution in [0.25, 0.3) is 0 Å². The van der Waals surface area contributed by atoms with Crippen molar-refractivity contribution in [3.05, 3.63) is 30.3 Å². The average Bonchev–Trinajstić information content (AvgIpc) is 2.30. The number of para-hydroxylation sites is 1. The summed E-state index contributed by atoms with van der Waals surface area (Å²) in [4.78, 5) is 11.1. The number of benzene rings is 1. The fourth-order valence-corrected chi connectivity index (χ4v) is 0.932. The number of urea groups is 1. The monoisotopic (exact) mass is 244 g/mol. The lowest BCUT2D eigenvalue weighted by molar-refractivity contribution is 0.0257. The van der Waals surface area contributed by atoms with Gasteiger partial charge in [-0.2, -0.15) is 0 Å². The number of alkyl halides is 2. The van der Waals surface area contributed by atoms with E-state index in [2.05, 4.69) is 10.6 Å². The molecule has 1 aromatic rings. The molecule has 0 aromatic heterocycles. The third-order valence-corrected chi connectivity index (χ3v) is 1.59. The molecule has 5 heteroatoms. The number of carbonyl (C=O) groups excluding carboxylic acids is 1. The molecule has 0 unspecified atom stereocenters.